The van der Waals surface area contributed by atoms with E-state index in [1.165, 1.54) is 0 Å². The summed E-state index contributed by atoms with van der Waals surface area (Å²) in [5, 5.41) is 0. The van der Waals surface area contributed by atoms with Gasteiger partial charge in [-0.2, -0.15) is 0 Å². The van der Waals surface area contributed by atoms with Gasteiger partial charge in [0, 0.05) is 6.54 Å². The summed E-state index contributed by atoms with van der Waals surface area (Å²) in [5.74, 6) is 0.393. The van der Waals surface area contributed by atoms with Crippen LogP contribution in [0.5, 0.6) is 0 Å². The molecule has 0 saturated carbocycles. The van der Waals surface area contributed by atoms with E-state index < -0.39 is 5.54 Å². The molecule has 1 unspecified atom stereocenters. The highest BCUT2D eigenvalue weighted by molar-refractivity contribution is 5.79. The fraction of sp³-hybridized carbons (Fsp3) is 0.923. The molecule has 0 spiro atoms. The summed E-state index contributed by atoms with van der Waals surface area (Å²) in [7, 11) is 2.06. The van der Waals surface area contributed by atoms with Crippen LogP contribution in [-0.4, -0.2) is 43.2 Å². The lowest BCUT2D eigenvalue weighted by Gasteiger charge is -2.25. The van der Waals surface area contributed by atoms with Crippen LogP contribution in [0, 0.1) is 5.92 Å². The van der Waals surface area contributed by atoms with E-state index in [0.29, 0.717) is 18.9 Å². The van der Waals surface area contributed by atoms with E-state index in [1.807, 2.05) is 0 Å². The van der Waals surface area contributed by atoms with Crippen LogP contribution in [0.2, 0.25) is 0 Å². The minimum atomic E-state index is -0.873. The zero-order valence-corrected chi connectivity index (χ0v) is 12.0. The van der Waals surface area contributed by atoms with Gasteiger partial charge in [0.1, 0.15) is 5.54 Å². The minimum absolute atomic E-state index is 0.308. The van der Waals surface area contributed by atoms with Gasteiger partial charge < -0.3 is 15.4 Å². The Labute approximate surface area is 105 Å². The first kappa shape index (κ1) is 16.4. The first-order valence-electron chi connectivity index (χ1n) is 6.44. The first-order valence-corrected chi connectivity index (χ1v) is 6.44. The van der Waals surface area contributed by atoms with Crippen molar-refractivity contribution in [2.75, 3.05) is 26.7 Å². The van der Waals surface area contributed by atoms with Gasteiger partial charge in [-0.05, 0) is 46.2 Å². The second kappa shape index (κ2) is 7.67. The van der Waals surface area contributed by atoms with Crippen molar-refractivity contribution in [3.8, 4) is 0 Å². The molecule has 17 heavy (non-hydrogen) atoms. The van der Waals surface area contributed by atoms with Crippen LogP contribution in [0.4, 0.5) is 0 Å². The highest BCUT2D eigenvalue weighted by atomic mass is 16.5. The molecule has 0 saturated heterocycles. The zero-order chi connectivity index (χ0) is 13.5. The highest BCUT2D eigenvalue weighted by Crippen LogP contribution is 2.10. The number of hydrogen-bond donors (Lipinski definition) is 1. The summed E-state index contributed by atoms with van der Waals surface area (Å²) >= 11 is 0. The van der Waals surface area contributed by atoms with Crippen molar-refractivity contribution in [2.24, 2.45) is 11.7 Å². The SMILES string of the molecule is CCOC(=O)C(C)(N)CCN(C)CCC(C)C. The molecule has 102 valence electrons. The maximum Gasteiger partial charge on any atom is 0.325 e. The van der Waals surface area contributed by atoms with E-state index in [4.69, 9.17) is 10.5 Å². The molecule has 0 aromatic rings. The van der Waals surface area contributed by atoms with Gasteiger partial charge in [-0.3, -0.25) is 4.79 Å². The van der Waals surface area contributed by atoms with Crippen LogP contribution in [0.3, 0.4) is 0 Å². The monoisotopic (exact) mass is 244 g/mol. The van der Waals surface area contributed by atoms with Gasteiger partial charge in [0.25, 0.3) is 0 Å². The fourth-order valence-corrected chi connectivity index (χ4v) is 1.41. The largest absolute Gasteiger partial charge is 0.465 e. The minimum Gasteiger partial charge on any atom is -0.465 e. The van der Waals surface area contributed by atoms with Crippen molar-refractivity contribution in [3.63, 3.8) is 0 Å². The van der Waals surface area contributed by atoms with Crippen LogP contribution < -0.4 is 5.73 Å². The van der Waals surface area contributed by atoms with Gasteiger partial charge >= 0.3 is 5.97 Å². The number of nitrogens with two attached hydrogens (primary N) is 1. The number of carbonyl (C=O) groups is 1. The predicted octanol–water partition coefficient (Wildman–Crippen LogP) is 1.63. The summed E-state index contributed by atoms with van der Waals surface area (Å²) in [5.41, 5.74) is 5.08. The van der Waals surface area contributed by atoms with Crippen LogP contribution in [0.15, 0.2) is 0 Å². The summed E-state index contributed by atoms with van der Waals surface area (Å²) in [6.45, 7) is 10.2. The average molecular weight is 244 g/mol. The molecule has 4 nitrogen and oxygen atoms in total. The van der Waals surface area contributed by atoms with E-state index in [1.54, 1.807) is 13.8 Å². The number of rotatable bonds is 8. The third-order valence-electron chi connectivity index (χ3n) is 2.84. The molecule has 0 aliphatic carbocycles. The second-order valence-electron chi connectivity index (χ2n) is 5.37. The topological polar surface area (TPSA) is 55.6 Å². The van der Waals surface area contributed by atoms with Crippen molar-refractivity contribution >= 4 is 5.97 Å². The molecule has 0 aromatic carbocycles. The Balaban J connectivity index is 3.95. The number of esters is 1. The molecule has 1 atom stereocenters. The van der Waals surface area contributed by atoms with E-state index in [2.05, 4.69) is 25.8 Å². The molecular formula is C13H28N2O2. The van der Waals surface area contributed by atoms with Gasteiger partial charge in [-0.1, -0.05) is 13.8 Å². The first-order chi connectivity index (χ1) is 7.79. The molecule has 0 rings (SSSR count). The molecule has 0 fully saturated rings. The van der Waals surface area contributed by atoms with Crippen molar-refractivity contribution in [1.29, 1.82) is 0 Å². The zero-order valence-electron chi connectivity index (χ0n) is 12.0. The molecule has 0 aliphatic rings. The van der Waals surface area contributed by atoms with Gasteiger partial charge in [0.05, 0.1) is 6.61 Å². The van der Waals surface area contributed by atoms with Crippen LogP contribution in [-0.2, 0) is 9.53 Å². The standard InChI is InChI=1S/C13H28N2O2/c1-6-17-12(16)13(4,14)8-10-15(5)9-7-11(2)3/h11H,6-10,14H2,1-5H3. The lowest BCUT2D eigenvalue weighted by molar-refractivity contribution is -0.149. The van der Waals surface area contributed by atoms with Crippen molar-refractivity contribution in [2.45, 2.75) is 46.1 Å². The average Bonchev–Trinajstić information content (AvgIpc) is 2.24. The third kappa shape index (κ3) is 7.34. The Morgan fingerprint density at radius 2 is 2.00 bits per heavy atom. The number of ether oxygens (including phenoxy) is 1. The smallest absolute Gasteiger partial charge is 0.325 e. The molecule has 0 amide bonds. The van der Waals surface area contributed by atoms with E-state index in [0.717, 1.165) is 19.5 Å². The molecule has 0 radical (unpaired) electrons. The maximum atomic E-state index is 11.6. The van der Waals surface area contributed by atoms with Gasteiger partial charge in [0.15, 0.2) is 0 Å². The molecule has 2 N–H and O–H groups in total. The van der Waals surface area contributed by atoms with E-state index >= 15 is 0 Å². The molecule has 0 aromatic heterocycles. The highest BCUT2D eigenvalue weighted by Gasteiger charge is 2.29. The van der Waals surface area contributed by atoms with Gasteiger partial charge in [-0.25, -0.2) is 0 Å². The Kier molecular flexibility index (Phi) is 7.39. The third-order valence-corrected chi connectivity index (χ3v) is 2.84. The van der Waals surface area contributed by atoms with Crippen LogP contribution in [0.25, 0.3) is 0 Å². The van der Waals surface area contributed by atoms with Gasteiger partial charge in [0.2, 0.25) is 0 Å². The summed E-state index contributed by atoms with van der Waals surface area (Å²) in [4.78, 5) is 13.8. The Hall–Kier alpha value is -0.610. The Bertz CT molecular complexity index is 227. The molecule has 0 heterocycles. The van der Waals surface area contributed by atoms with Crippen molar-refractivity contribution in [1.82, 2.24) is 4.90 Å². The number of carbonyl (C=O) groups excluding carboxylic acids is 1. The van der Waals surface area contributed by atoms with E-state index in [-0.39, 0.29) is 5.97 Å². The van der Waals surface area contributed by atoms with Crippen LogP contribution >= 0.6 is 0 Å². The number of hydrogen-bond acceptors (Lipinski definition) is 4. The molecule has 0 aliphatic heterocycles. The Morgan fingerprint density at radius 1 is 1.41 bits per heavy atom. The quantitative estimate of drug-likeness (QED) is 0.659. The molecule has 4 heteroatoms. The number of nitrogens with zero attached hydrogens (tertiary/aromatic N) is 1. The van der Waals surface area contributed by atoms with Crippen molar-refractivity contribution < 1.29 is 9.53 Å². The summed E-state index contributed by atoms with van der Waals surface area (Å²) in [6, 6.07) is 0. The second-order valence-corrected chi connectivity index (χ2v) is 5.37. The predicted molar refractivity (Wildman–Crippen MR) is 70.8 cm³/mol. The Morgan fingerprint density at radius 3 is 2.47 bits per heavy atom. The molecule has 0 bridgehead atoms. The van der Waals surface area contributed by atoms with Crippen molar-refractivity contribution in [3.05, 3.63) is 0 Å². The van der Waals surface area contributed by atoms with Gasteiger partial charge in [-0.15, -0.1) is 0 Å². The molecular weight excluding hydrogens is 216 g/mol. The maximum absolute atomic E-state index is 11.6. The van der Waals surface area contributed by atoms with Crippen LogP contribution in [0.1, 0.15) is 40.5 Å². The normalized spacial score (nSPS) is 15.1. The summed E-state index contributed by atoms with van der Waals surface area (Å²) in [6.07, 6.45) is 1.79. The lowest BCUT2D eigenvalue weighted by atomic mass is 9.99. The van der Waals surface area contributed by atoms with E-state index in [9.17, 15) is 4.79 Å². The lowest BCUT2D eigenvalue weighted by Crippen LogP contribution is -2.48. The fourth-order valence-electron chi connectivity index (χ4n) is 1.41. The summed E-state index contributed by atoms with van der Waals surface area (Å²) < 4.78 is 4.95.